The molecule has 0 aliphatic carbocycles. The average molecular weight is 285 g/mol. The number of nitrogens with zero attached hydrogens (tertiary/aromatic N) is 2. The Labute approximate surface area is 102 Å². The van der Waals surface area contributed by atoms with Gasteiger partial charge in [-0.2, -0.15) is 4.98 Å². The number of nitrogens with one attached hydrogen (secondary N) is 1. The van der Waals surface area contributed by atoms with Crippen LogP contribution in [0.5, 0.6) is 0 Å². The van der Waals surface area contributed by atoms with Crippen LogP contribution in [-0.4, -0.2) is 28.2 Å². The minimum Gasteiger partial charge on any atom is -0.383 e. The first-order chi connectivity index (χ1) is 7.70. The lowest BCUT2D eigenvalue weighted by Gasteiger charge is -2.19. The van der Waals surface area contributed by atoms with E-state index in [2.05, 4.69) is 31.2 Å². The van der Waals surface area contributed by atoms with E-state index in [1.54, 1.807) is 6.07 Å². The molecule has 3 rings (SSSR count). The zero-order valence-corrected chi connectivity index (χ0v) is 10.3. The van der Waals surface area contributed by atoms with Gasteiger partial charge in [-0.25, -0.2) is 4.98 Å². The standard InChI is InChI=1S/C10H13BrN4O/c11-8-4-9(12)15-10(14-8)13-6-3-5-1-2-7(6)16-5/h4-7H,1-3H2,(H3,12,13,14,15). The molecule has 86 valence electrons. The van der Waals surface area contributed by atoms with Crippen molar-refractivity contribution in [3.63, 3.8) is 0 Å². The Kier molecular flexibility index (Phi) is 2.48. The van der Waals surface area contributed by atoms with Crippen LogP contribution in [0.4, 0.5) is 11.8 Å². The van der Waals surface area contributed by atoms with Crippen LogP contribution in [0.15, 0.2) is 10.7 Å². The third-order valence-corrected chi connectivity index (χ3v) is 3.54. The van der Waals surface area contributed by atoms with Crippen molar-refractivity contribution in [1.29, 1.82) is 0 Å². The fraction of sp³-hybridized carbons (Fsp3) is 0.600. The molecule has 0 saturated carbocycles. The molecule has 2 aliphatic rings. The van der Waals surface area contributed by atoms with E-state index in [0.717, 1.165) is 12.8 Å². The van der Waals surface area contributed by atoms with E-state index in [4.69, 9.17) is 10.5 Å². The smallest absolute Gasteiger partial charge is 0.226 e. The summed E-state index contributed by atoms with van der Waals surface area (Å²) in [5.41, 5.74) is 5.66. The third-order valence-electron chi connectivity index (χ3n) is 3.14. The Morgan fingerprint density at radius 3 is 2.94 bits per heavy atom. The lowest BCUT2D eigenvalue weighted by molar-refractivity contribution is 0.102. The number of hydrogen-bond donors (Lipinski definition) is 2. The Hall–Kier alpha value is -0.880. The van der Waals surface area contributed by atoms with E-state index in [1.165, 1.54) is 6.42 Å². The number of fused-ring (bicyclic) bond motifs is 2. The summed E-state index contributed by atoms with van der Waals surface area (Å²) >= 11 is 3.30. The van der Waals surface area contributed by atoms with Gasteiger partial charge >= 0.3 is 0 Å². The molecule has 2 fully saturated rings. The van der Waals surface area contributed by atoms with Gasteiger partial charge in [0, 0.05) is 6.07 Å². The molecule has 0 amide bonds. The average Bonchev–Trinajstić information content (AvgIpc) is 2.77. The Balaban J connectivity index is 1.74. The van der Waals surface area contributed by atoms with Crippen molar-refractivity contribution >= 4 is 27.7 Å². The number of anilines is 2. The zero-order chi connectivity index (χ0) is 11.1. The van der Waals surface area contributed by atoms with Crippen molar-refractivity contribution in [1.82, 2.24) is 9.97 Å². The second kappa shape index (κ2) is 3.85. The summed E-state index contributed by atoms with van der Waals surface area (Å²) in [4.78, 5) is 8.39. The molecular formula is C10H13BrN4O. The predicted octanol–water partition coefficient (Wildman–Crippen LogP) is 1.55. The zero-order valence-electron chi connectivity index (χ0n) is 8.69. The van der Waals surface area contributed by atoms with Gasteiger partial charge in [-0.15, -0.1) is 0 Å². The largest absolute Gasteiger partial charge is 0.383 e. The fourth-order valence-electron chi connectivity index (χ4n) is 2.46. The van der Waals surface area contributed by atoms with Crippen LogP contribution in [0.1, 0.15) is 19.3 Å². The van der Waals surface area contributed by atoms with Crippen LogP contribution < -0.4 is 11.1 Å². The van der Waals surface area contributed by atoms with Gasteiger partial charge in [0.05, 0.1) is 18.2 Å². The molecule has 3 atom stereocenters. The molecule has 16 heavy (non-hydrogen) atoms. The lowest BCUT2D eigenvalue weighted by atomic mass is 9.96. The lowest BCUT2D eigenvalue weighted by Crippen LogP contribution is -2.31. The highest BCUT2D eigenvalue weighted by molar-refractivity contribution is 9.10. The molecule has 1 aromatic rings. The number of nitrogen functional groups attached to an aromatic ring is 1. The van der Waals surface area contributed by atoms with Crippen molar-refractivity contribution in [2.75, 3.05) is 11.1 Å². The van der Waals surface area contributed by atoms with Gasteiger partial charge in [-0.1, -0.05) is 0 Å². The Morgan fingerprint density at radius 1 is 1.44 bits per heavy atom. The molecule has 0 radical (unpaired) electrons. The van der Waals surface area contributed by atoms with Gasteiger partial charge in [0.1, 0.15) is 10.4 Å². The first-order valence-electron chi connectivity index (χ1n) is 5.43. The van der Waals surface area contributed by atoms with Crippen LogP contribution in [0, 0.1) is 0 Å². The monoisotopic (exact) mass is 284 g/mol. The van der Waals surface area contributed by atoms with Gasteiger partial charge in [0.15, 0.2) is 0 Å². The van der Waals surface area contributed by atoms with Gasteiger partial charge in [0.25, 0.3) is 0 Å². The molecule has 0 aromatic carbocycles. The number of halogens is 1. The van der Waals surface area contributed by atoms with E-state index >= 15 is 0 Å². The minimum absolute atomic E-state index is 0.314. The first kappa shape index (κ1) is 10.3. The van der Waals surface area contributed by atoms with Gasteiger partial charge < -0.3 is 15.8 Å². The van der Waals surface area contributed by atoms with Crippen molar-refractivity contribution in [2.45, 2.75) is 37.5 Å². The maximum Gasteiger partial charge on any atom is 0.226 e. The molecule has 5 nitrogen and oxygen atoms in total. The minimum atomic E-state index is 0.314. The predicted molar refractivity (Wildman–Crippen MR) is 64.1 cm³/mol. The number of nitrogens with two attached hydrogens (primary N) is 1. The summed E-state index contributed by atoms with van der Waals surface area (Å²) < 4.78 is 6.46. The number of hydrogen-bond acceptors (Lipinski definition) is 5. The van der Waals surface area contributed by atoms with Crippen LogP contribution in [-0.2, 0) is 4.74 Å². The SMILES string of the molecule is Nc1cc(Br)nc(NC2CC3CCC2O3)n1. The molecule has 3 N–H and O–H groups in total. The maximum atomic E-state index is 5.76. The number of ether oxygens (including phenoxy) is 1. The molecule has 0 spiro atoms. The normalized spacial score (nSPS) is 31.9. The van der Waals surface area contributed by atoms with Gasteiger partial charge in [-0.05, 0) is 35.2 Å². The highest BCUT2D eigenvalue weighted by Gasteiger charge is 2.41. The Morgan fingerprint density at radius 2 is 2.31 bits per heavy atom. The highest BCUT2D eigenvalue weighted by atomic mass is 79.9. The fourth-order valence-corrected chi connectivity index (χ4v) is 2.86. The molecular weight excluding hydrogens is 272 g/mol. The maximum absolute atomic E-state index is 5.76. The molecule has 2 saturated heterocycles. The van der Waals surface area contributed by atoms with Crippen LogP contribution in [0.3, 0.4) is 0 Å². The highest BCUT2D eigenvalue weighted by Crippen LogP contribution is 2.35. The number of rotatable bonds is 2. The summed E-state index contributed by atoms with van der Waals surface area (Å²) in [6.07, 6.45) is 4.09. The summed E-state index contributed by atoms with van der Waals surface area (Å²) in [5.74, 6) is 1.04. The van der Waals surface area contributed by atoms with E-state index < -0.39 is 0 Å². The molecule has 3 heterocycles. The summed E-state index contributed by atoms with van der Waals surface area (Å²) in [7, 11) is 0. The number of aromatic nitrogens is 2. The molecule has 3 unspecified atom stereocenters. The van der Waals surface area contributed by atoms with Crippen molar-refractivity contribution in [2.24, 2.45) is 0 Å². The summed E-state index contributed by atoms with van der Waals surface area (Å²) in [6.45, 7) is 0. The van der Waals surface area contributed by atoms with Crippen molar-refractivity contribution in [3.8, 4) is 0 Å². The topological polar surface area (TPSA) is 73.1 Å². The van der Waals surface area contributed by atoms with Gasteiger partial charge in [-0.3, -0.25) is 0 Å². The molecule has 6 heteroatoms. The molecule has 2 aliphatic heterocycles. The molecule has 1 aromatic heterocycles. The second-order valence-corrected chi connectivity index (χ2v) is 5.11. The van der Waals surface area contributed by atoms with Gasteiger partial charge in [0.2, 0.25) is 5.95 Å². The second-order valence-electron chi connectivity index (χ2n) is 4.30. The van der Waals surface area contributed by atoms with E-state index in [9.17, 15) is 0 Å². The first-order valence-corrected chi connectivity index (χ1v) is 6.22. The van der Waals surface area contributed by atoms with Crippen LogP contribution >= 0.6 is 15.9 Å². The Bertz CT molecular complexity index is 394. The summed E-state index contributed by atoms with van der Waals surface area (Å²) in [5, 5.41) is 3.30. The van der Waals surface area contributed by atoms with E-state index in [-0.39, 0.29) is 0 Å². The van der Waals surface area contributed by atoms with Crippen LogP contribution in [0.2, 0.25) is 0 Å². The van der Waals surface area contributed by atoms with Crippen LogP contribution in [0.25, 0.3) is 0 Å². The van der Waals surface area contributed by atoms with Crippen molar-refractivity contribution < 1.29 is 4.74 Å². The van der Waals surface area contributed by atoms with Crippen molar-refractivity contribution in [3.05, 3.63) is 10.7 Å². The van der Waals surface area contributed by atoms with E-state index in [1.807, 2.05) is 0 Å². The molecule has 2 bridgehead atoms. The quantitative estimate of drug-likeness (QED) is 0.807. The third kappa shape index (κ3) is 1.87. The summed E-state index contributed by atoms with van der Waals surface area (Å²) in [6, 6.07) is 2.01. The van der Waals surface area contributed by atoms with E-state index in [0.29, 0.717) is 34.6 Å².